The molecule has 0 fully saturated rings. The number of nitrogens with two attached hydrogens (primary N) is 1. The zero-order chi connectivity index (χ0) is 12.7. The molecule has 0 heterocycles. The number of hydrogen-bond acceptors (Lipinski definition) is 4. The van der Waals surface area contributed by atoms with Gasteiger partial charge >= 0.3 is 5.97 Å². The van der Waals surface area contributed by atoms with Gasteiger partial charge in [-0.1, -0.05) is 0 Å². The van der Waals surface area contributed by atoms with Gasteiger partial charge in [0.15, 0.2) is 0 Å². The third kappa shape index (κ3) is 6.36. The van der Waals surface area contributed by atoms with Crippen LogP contribution in [0.2, 0.25) is 0 Å². The minimum atomic E-state index is -1.07. The maximum absolute atomic E-state index is 11.5. The van der Waals surface area contributed by atoms with Crippen molar-refractivity contribution in [1.29, 1.82) is 0 Å². The van der Waals surface area contributed by atoms with Crippen LogP contribution in [-0.2, 0) is 9.59 Å². The Morgan fingerprint density at radius 2 is 1.81 bits per heavy atom. The summed E-state index contributed by atoms with van der Waals surface area (Å²) in [6.07, 6.45) is 0.359. The summed E-state index contributed by atoms with van der Waals surface area (Å²) in [6, 6.07) is -0.953. The van der Waals surface area contributed by atoms with Crippen molar-refractivity contribution < 1.29 is 14.7 Å². The molecular formula is C10H21N3O3. The van der Waals surface area contributed by atoms with Gasteiger partial charge in [-0.15, -0.1) is 0 Å². The summed E-state index contributed by atoms with van der Waals surface area (Å²) in [6.45, 7) is 1.42. The van der Waals surface area contributed by atoms with Gasteiger partial charge in [0.1, 0.15) is 6.04 Å². The first-order valence-electron chi connectivity index (χ1n) is 5.21. The molecule has 0 aliphatic rings. The number of nitrogens with zero attached hydrogens (tertiary/aromatic N) is 2. The van der Waals surface area contributed by atoms with Crippen molar-refractivity contribution in [2.45, 2.75) is 18.9 Å². The van der Waals surface area contributed by atoms with Crippen LogP contribution in [0.3, 0.4) is 0 Å². The minimum Gasteiger partial charge on any atom is -0.480 e. The van der Waals surface area contributed by atoms with Gasteiger partial charge in [-0.05, 0) is 20.5 Å². The molecule has 0 bridgehead atoms. The largest absolute Gasteiger partial charge is 0.480 e. The summed E-state index contributed by atoms with van der Waals surface area (Å²) in [5.41, 5.74) is 5.31. The second-order valence-electron chi connectivity index (χ2n) is 4.10. The fraction of sp³-hybridized carbons (Fsp3) is 0.800. The van der Waals surface area contributed by atoms with Crippen LogP contribution in [0.4, 0.5) is 0 Å². The molecule has 0 saturated carbocycles. The molecule has 94 valence electrons. The van der Waals surface area contributed by atoms with E-state index >= 15 is 0 Å². The molecule has 6 nitrogen and oxygen atoms in total. The third-order valence-electron chi connectivity index (χ3n) is 2.29. The Morgan fingerprint density at radius 1 is 1.25 bits per heavy atom. The second-order valence-corrected chi connectivity index (χ2v) is 4.10. The van der Waals surface area contributed by atoms with E-state index in [0.29, 0.717) is 6.54 Å². The van der Waals surface area contributed by atoms with E-state index in [2.05, 4.69) is 0 Å². The fourth-order valence-corrected chi connectivity index (χ4v) is 1.07. The van der Waals surface area contributed by atoms with Crippen LogP contribution in [0.25, 0.3) is 0 Å². The summed E-state index contributed by atoms with van der Waals surface area (Å²) < 4.78 is 0. The van der Waals surface area contributed by atoms with Crippen LogP contribution in [0.1, 0.15) is 12.8 Å². The number of carboxylic acid groups (broad SMARTS) is 1. The summed E-state index contributed by atoms with van der Waals surface area (Å²) in [4.78, 5) is 25.6. The van der Waals surface area contributed by atoms with Crippen molar-refractivity contribution in [2.24, 2.45) is 5.73 Å². The van der Waals surface area contributed by atoms with Crippen LogP contribution in [0.5, 0.6) is 0 Å². The number of carboxylic acids is 1. The van der Waals surface area contributed by atoms with Crippen LogP contribution in [0, 0.1) is 0 Å². The van der Waals surface area contributed by atoms with E-state index in [1.165, 1.54) is 0 Å². The lowest BCUT2D eigenvalue weighted by Crippen LogP contribution is -2.36. The highest BCUT2D eigenvalue weighted by Gasteiger charge is 2.15. The monoisotopic (exact) mass is 231 g/mol. The van der Waals surface area contributed by atoms with Gasteiger partial charge in [-0.2, -0.15) is 0 Å². The Morgan fingerprint density at radius 3 is 2.25 bits per heavy atom. The molecule has 0 saturated heterocycles. The number of rotatable bonds is 7. The highest BCUT2D eigenvalue weighted by atomic mass is 16.4. The average molecular weight is 231 g/mol. The molecule has 0 radical (unpaired) electrons. The van der Waals surface area contributed by atoms with Gasteiger partial charge in [0, 0.05) is 26.6 Å². The van der Waals surface area contributed by atoms with E-state index in [-0.39, 0.29) is 18.7 Å². The van der Waals surface area contributed by atoms with E-state index in [9.17, 15) is 9.59 Å². The summed E-state index contributed by atoms with van der Waals surface area (Å²) in [5, 5.41) is 8.55. The molecule has 0 aliphatic carbocycles. The molecule has 0 rings (SSSR count). The SMILES string of the molecule is CN(C)CCN(C)C(=O)CCC(N)C(=O)O. The van der Waals surface area contributed by atoms with E-state index < -0.39 is 12.0 Å². The van der Waals surface area contributed by atoms with Crippen LogP contribution in [0.15, 0.2) is 0 Å². The number of likely N-dealkylation sites (N-methyl/N-ethyl adjacent to an activating group) is 2. The van der Waals surface area contributed by atoms with Crippen molar-refractivity contribution >= 4 is 11.9 Å². The van der Waals surface area contributed by atoms with Gasteiger partial charge in [0.2, 0.25) is 5.91 Å². The third-order valence-corrected chi connectivity index (χ3v) is 2.29. The maximum Gasteiger partial charge on any atom is 0.320 e. The fourth-order valence-electron chi connectivity index (χ4n) is 1.07. The molecule has 0 aliphatic heterocycles. The predicted octanol–water partition coefficient (Wildman–Crippen LogP) is -0.801. The highest BCUT2D eigenvalue weighted by Crippen LogP contribution is 1.99. The topological polar surface area (TPSA) is 86.9 Å². The van der Waals surface area contributed by atoms with Crippen LogP contribution >= 0.6 is 0 Å². The second kappa shape index (κ2) is 7.19. The van der Waals surface area contributed by atoms with Gasteiger partial charge in [0.05, 0.1) is 0 Å². The first kappa shape index (κ1) is 14.9. The Balaban J connectivity index is 3.83. The highest BCUT2D eigenvalue weighted by molar-refractivity contribution is 5.78. The standard InChI is InChI=1S/C10H21N3O3/c1-12(2)6-7-13(3)9(14)5-4-8(11)10(15)16/h8H,4-7,11H2,1-3H3,(H,15,16). The van der Waals surface area contributed by atoms with E-state index in [1.54, 1.807) is 11.9 Å². The Kier molecular flexibility index (Phi) is 6.67. The first-order valence-corrected chi connectivity index (χ1v) is 5.21. The lowest BCUT2D eigenvalue weighted by molar-refractivity contribution is -0.139. The molecule has 0 aromatic heterocycles. The van der Waals surface area contributed by atoms with Crippen molar-refractivity contribution in [1.82, 2.24) is 9.80 Å². The molecule has 1 unspecified atom stereocenters. The first-order chi connectivity index (χ1) is 7.34. The van der Waals surface area contributed by atoms with E-state index in [4.69, 9.17) is 10.8 Å². The number of aliphatic carboxylic acids is 1. The van der Waals surface area contributed by atoms with Crippen molar-refractivity contribution in [2.75, 3.05) is 34.2 Å². The molecule has 1 amide bonds. The molecule has 1 atom stereocenters. The Bertz CT molecular complexity index is 243. The van der Waals surface area contributed by atoms with Gasteiger partial charge in [-0.25, -0.2) is 0 Å². The van der Waals surface area contributed by atoms with Crippen molar-refractivity contribution in [3.05, 3.63) is 0 Å². The molecule has 3 N–H and O–H groups in total. The molecule has 6 heteroatoms. The number of carbonyl (C=O) groups excluding carboxylic acids is 1. The van der Waals surface area contributed by atoms with Gasteiger partial charge < -0.3 is 20.6 Å². The number of hydrogen-bond donors (Lipinski definition) is 2. The van der Waals surface area contributed by atoms with Crippen LogP contribution in [-0.4, -0.2) is 67.1 Å². The van der Waals surface area contributed by atoms with Gasteiger partial charge in [-0.3, -0.25) is 9.59 Å². The molecular weight excluding hydrogens is 210 g/mol. The van der Waals surface area contributed by atoms with E-state index in [0.717, 1.165) is 6.54 Å². The molecule has 0 spiro atoms. The predicted molar refractivity (Wildman–Crippen MR) is 61.0 cm³/mol. The summed E-state index contributed by atoms with van der Waals surface area (Å²) in [7, 11) is 5.56. The minimum absolute atomic E-state index is 0.0708. The normalized spacial score (nSPS) is 12.6. The van der Waals surface area contributed by atoms with Crippen molar-refractivity contribution in [3.8, 4) is 0 Å². The Labute approximate surface area is 96.0 Å². The zero-order valence-electron chi connectivity index (χ0n) is 10.1. The summed E-state index contributed by atoms with van der Waals surface area (Å²) in [5.74, 6) is -1.14. The van der Waals surface area contributed by atoms with Crippen LogP contribution < -0.4 is 5.73 Å². The average Bonchev–Trinajstić information content (AvgIpc) is 2.21. The summed E-state index contributed by atoms with van der Waals surface area (Å²) >= 11 is 0. The molecule has 16 heavy (non-hydrogen) atoms. The lowest BCUT2D eigenvalue weighted by atomic mass is 10.1. The smallest absolute Gasteiger partial charge is 0.320 e. The molecule has 0 aromatic carbocycles. The number of carbonyl (C=O) groups is 2. The quantitative estimate of drug-likeness (QED) is 0.599. The van der Waals surface area contributed by atoms with Crippen molar-refractivity contribution in [3.63, 3.8) is 0 Å². The lowest BCUT2D eigenvalue weighted by Gasteiger charge is -2.20. The Hall–Kier alpha value is -1.14. The van der Waals surface area contributed by atoms with Gasteiger partial charge in [0.25, 0.3) is 0 Å². The number of amides is 1. The van der Waals surface area contributed by atoms with E-state index in [1.807, 2.05) is 19.0 Å². The maximum atomic E-state index is 11.5. The molecule has 0 aromatic rings. The zero-order valence-corrected chi connectivity index (χ0v) is 10.1.